The second-order valence-electron chi connectivity index (χ2n) is 6.25. The predicted octanol–water partition coefficient (Wildman–Crippen LogP) is 4.67. The average Bonchev–Trinajstić information content (AvgIpc) is 2.72. The molecule has 0 bridgehead atoms. The minimum absolute atomic E-state index is 0. The van der Waals surface area contributed by atoms with Crippen molar-refractivity contribution in [3.63, 3.8) is 0 Å². The molecule has 3 aromatic rings. The molecule has 6 nitrogen and oxygen atoms in total. The Morgan fingerprint density at radius 1 is 1.07 bits per heavy atom. The first-order valence-electron chi connectivity index (χ1n) is 8.48. The summed E-state index contributed by atoms with van der Waals surface area (Å²) in [5.74, 6) is 0.721. The van der Waals surface area contributed by atoms with E-state index in [1.807, 2.05) is 55.4 Å². The Hall–Kier alpha value is -2.97. The fraction of sp³-hybridized carbons (Fsp3) is 0.143. The highest BCUT2D eigenvalue weighted by molar-refractivity contribution is 7.98. The minimum Gasteiger partial charge on any atom is -0.383 e. The molecule has 2 N–H and O–H groups in total. The predicted molar refractivity (Wildman–Crippen MR) is 126 cm³/mol. The van der Waals surface area contributed by atoms with Gasteiger partial charge in [0.25, 0.3) is 0 Å². The van der Waals surface area contributed by atoms with Gasteiger partial charge < -0.3 is 10.6 Å². The van der Waals surface area contributed by atoms with Crippen LogP contribution in [0, 0.1) is 22.7 Å². The van der Waals surface area contributed by atoms with Crippen molar-refractivity contribution in [2.24, 2.45) is 0 Å². The molecule has 2 aromatic heterocycles. The molecule has 0 aliphatic carbocycles. The number of hydrogen-bond acceptors (Lipinski definition) is 7. The van der Waals surface area contributed by atoms with E-state index in [-0.39, 0.29) is 36.2 Å². The van der Waals surface area contributed by atoms with Crippen LogP contribution in [0.3, 0.4) is 0 Å². The zero-order chi connectivity index (χ0) is 20.1. The summed E-state index contributed by atoms with van der Waals surface area (Å²) in [4.78, 5) is 10.4. The van der Waals surface area contributed by atoms with Gasteiger partial charge >= 0.3 is 0 Å². The third-order valence-electron chi connectivity index (χ3n) is 4.17. The lowest BCUT2D eigenvalue weighted by atomic mass is 9.96. The average molecular weight is 459 g/mol. The van der Waals surface area contributed by atoms with Crippen molar-refractivity contribution in [1.82, 2.24) is 9.97 Å². The van der Waals surface area contributed by atoms with Crippen LogP contribution in [0.1, 0.15) is 16.7 Å². The maximum Gasteiger partial charge on any atom is 0.143 e. The van der Waals surface area contributed by atoms with Crippen LogP contribution in [-0.2, 0) is 5.75 Å². The molecule has 9 heteroatoms. The molecule has 0 atom stereocenters. The van der Waals surface area contributed by atoms with E-state index in [1.54, 1.807) is 12.4 Å². The van der Waals surface area contributed by atoms with E-state index < -0.39 is 0 Å². The maximum absolute atomic E-state index is 9.87. The summed E-state index contributed by atoms with van der Waals surface area (Å²) in [7, 11) is 3.87. The first-order valence-corrected chi connectivity index (χ1v) is 9.46. The van der Waals surface area contributed by atoms with Crippen LogP contribution in [0.15, 0.2) is 53.8 Å². The van der Waals surface area contributed by atoms with Crippen molar-refractivity contribution in [3.05, 3.63) is 65.5 Å². The molecule has 0 radical (unpaired) electrons. The van der Waals surface area contributed by atoms with Crippen molar-refractivity contribution in [2.75, 3.05) is 24.7 Å². The van der Waals surface area contributed by atoms with Crippen molar-refractivity contribution < 1.29 is 0 Å². The second-order valence-corrected chi connectivity index (χ2v) is 7.21. The number of nitrogen functional groups attached to an aromatic ring is 1. The monoisotopic (exact) mass is 458 g/mol. The number of halogens is 2. The van der Waals surface area contributed by atoms with Crippen molar-refractivity contribution in [2.45, 2.75) is 10.8 Å². The van der Waals surface area contributed by atoms with Gasteiger partial charge in [0.05, 0.1) is 5.56 Å². The van der Waals surface area contributed by atoms with E-state index in [2.05, 4.69) is 22.1 Å². The fourth-order valence-electron chi connectivity index (χ4n) is 2.77. The molecule has 30 heavy (non-hydrogen) atoms. The zero-order valence-corrected chi connectivity index (χ0v) is 18.8. The van der Waals surface area contributed by atoms with Crippen LogP contribution in [0.5, 0.6) is 0 Å². The fourth-order valence-corrected chi connectivity index (χ4v) is 3.70. The number of nitrogens with zero attached hydrogens (tertiary/aromatic N) is 5. The summed E-state index contributed by atoms with van der Waals surface area (Å²) in [5, 5.41) is 20.0. The molecule has 0 saturated heterocycles. The molecule has 2 heterocycles. The third-order valence-corrected chi connectivity index (χ3v) is 5.21. The minimum atomic E-state index is 0. The molecule has 0 aliphatic rings. The van der Waals surface area contributed by atoms with E-state index >= 15 is 0 Å². The molecule has 0 spiro atoms. The Morgan fingerprint density at radius 3 is 2.40 bits per heavy atom. The summed E-state index contributed by atoms with van der Waals surface area (Å²) in [6.07, 6.45) is 3.48. The summed E-state index contributed by atoms with van der Waals surface area (Å²) in [6, 6.07) is 15.8. The largest absolute Gasteiger partial charge is 0.383 e. The molecule has 0 amide bonds. The van der Waals surface area contributed by atoms with Gasteiger partial charge in [0.1, 0.15) is 28.5 Å². The number of thioether (sulfide) groups is 1. The lowest BCUT2D eigenvalue weighted by Gasteiger charge is -2.16. The molecule has 0 saturated carbocycles. The van der Waals surface area contributed by atoms with Crippen LogP contribution >= 0.6 is 36.6 Å². The Balaban J connectivity index is 0.00000225. The lowest BCUT2D eigenvalue weighted by molar-refractivity contribution is 1.11. The van der Waals surface area contributed by atoms with Crippen molar-refractivity contribution in [3.8, 4) is 23.3 Å². The van der Waals surface area contributed by atoms with Crippen molar-refractivity contribution >= 4 is 48.1 Å². The van der Waals surface area contributed by atoms with E-state index in [0.717, 1.165) is 16.8 Å². The molecule has 0 aliphatic heterocycles. The molecular weight excluding hydrogens is 439 g/mol. The first kappa shape index (κ1) is 25.1. The number of nitrogens with two attached hydrogens (primary N) is 1. The molecule has 3 rings (SSSR count). The zero-order valence-electron chi connectivity index (χ0n) is 16.4. The number of anilines is 2. The second kappa shape index (κ2) is 11.3. The van der Waals surface area contributed by atoms with Gasteiger partial charge in [-0.1, -0.05) is 18.2 Å². The van der Waals surface area contributed by atoms with E-state index in [1.165, 1.54) is 11.8 Å². The molecule has 1 aromatic carbocycles. The van der Waals surface area contributed by atoms with Gasteiger partial charge in [0, 0.05) is 43.5 Å². The summed E-state index contributed by atoms with van der Waals surface area (Å²) < 4.78 is 0. The number of rotatable bonds is 5. The Bertz CT molecular complexity index is 1090. The van der Waals surface area contributed by atoms with Crippen LogP contribution in [0.4, 0.5) is 11.5 Å². The Labute approximate surface area is 192 Å². The lowest BCUT2D eigenvalue weighted by Crippen LogP contribution is -2.09. The summed E-state index contributed by atoms with van der Waals surface area (Å²) in [5.41, 5.74) is 9.92. The molecule has 0 fully saturated rings. The normalized spacial score (nSPS) is 9.47. The van der Waals surface area contributed by atoms with Crippen LogP contribution < -0.4 is 10.6 Å². The highest BCUT2D eigenvalue weighted by Gasteiger charge is 2.21. The number of benzene rings is 1. The van der Waals surface area contributed by atoms with Crippen LogP contribution in [0.25, 0.3) is 11.1 Å². The maximum atomic E-state index is 9.87. The number of nitriles is 2. The van der Waals surface area contributed by atoms with Gasteiger partial charge in [-0.2, -0.15) is 10.5 Å². The number of pyridine rings is 2. The van der Waals surface area contributed by atoms with Gasteiger partial charge in [0.15, 0.2) is 0 Å². The Morgan fingerprint density at radius 2 is 1.80 bits per heavy atom. The molecular formula is C21H20Cl2N6S. The van der Waals surface area contributed by atoms with E-state index in [9.17, 15) is 10.5 Å². The first-order chi connectivity index (χ1) is 13.5. The standard InChI is InChI=1S/C21H18N6S.2ClH/c1-27(2)16-7-3-6-15(9-16)19-17(10-22)20(24)26-21(18(19)11-23)28-13-14-5-4-8-25-12-14;;/h3-9,12H,13H2,1-2H3,(H2,24,26);2*1H. The van der Waals surface area contributed by atoms with Gasteiger partial charge in [-0.25, -0.2) is 4.98 Å². The van der Waals surface area contributed by atoms with E-state index in [4.69, 9.17) is 5.73 Å². The highest BCUT2D eigenvalue weighted by Crippen LogP contribution is 2.37. The van der Waals surface area contributed by atoms with Crippen LogP contribution in [0.2, 0.25) is 0 Å². The Kier molecular flexibility index (Phi) is 9.42. The third kappa shape index (κ3) is 5.34. The van der Waals surface area contributed by atoms with Gasteiger partial charge in [-0.15, -0.1) is 36.6 Å². The highest BCUT2D eigenvalue weighted by atomic mass is 35.5. The summed E-state index contributed by atoms with van der Waals surface area (Å²) >= 11 is 1.40. The van der Waals surface area contributed by atoms with E-state index in [0.29, 0.717) is 21.9 Å². The van der Waals surface area contributed by atoms with Gasteiger partial charge in [-0.3, -0.25) is 4.98 Å². The SMILES string of the molecule is CN(C)c1cccc(-c2c(C#N)c(N)nc(SCc3cccnc3)c2C#N)c1.Cl.Cl. The van der Waals surface area contributed by atoms with Crippen molar-refractivity contribution in [1.29, 1.82) is 10.5 Å². The van der Waals surface area contributed by atoms with Gasteiger partial charge in [0.2, 0.25) is 0 Å². The molecule has 0 unspecified atom stereocenters. The van der Waals surface area contributed by atoms with Crippen LogP contribution in [-0.4, -0.2) is 24.1 Å². The summed E-state index contributed by atoms with van der Waals surface area (Å²) in [6.45, 7) is 0. The molecule has 154 valence electrons. The smallest absolute Gasteiger partial charge is 0.143 e. The quantitative estimate of drug-likeness (QED) is 0.553. The van der Waals surface area contributed by atoms with Gasteiger partial charge in [-0.05, 0) is 29.3 Å². The number of aromatic nitrogens is 2. The number of hydrogen-bond donors (Lipinski definition) is 1. The topological polar surface area (TPSA) is 103 Å².